The molecule has 0 aliphatic carbocycles. The van der Waals surface area contributed by atoms with Crippen LogP contribution >= 0.6 is 12.6 Å². The van der Waals surface area contributed by atoms with Gasteiger partial charge in [-0.15, -0.1) is 0 Å². The molecule has 2 rings (SSSR count). The topological polar surface area (TPSA) is 92.7 Å². The summed E-state index contributed by atoms with van der Waals surface area (Å²) in [7, 11) is 0. The van der Waals surface area contributed by atoms with E-state index in [0.717, 1.165) is 0 Å². The van der Waals surface area contributed by atoms with Crippen molar-refractivity contribution >= 4 is 24.0 Å². The van der Waals surface area contributed by atoms with Crippen LogP contribution in [0.15, 0.2) is 44.2 Å². The summed E-state index contributed by atoms with van der Waals surface area (Å²) in [6.07, 6.45) is 1.18. The molecule has 0 spiro atoms. The lowest BCUT2D eigenvalue weighted by molar-refractivity contribution is 0.375. The standard InChI is InChI=1S/C10H8O6S2/c11-10-14-5-8(15-10)9(17)6-1-3-7(4-2-6)16-18(12)13/h1-5,9,17H,(H,12,13)/p-1. The SMILES string of the molecule is O=c1occ(C(S)c2ccc(OS(=O)[O-])cc2)o1. The van der Waals surface area contributed by atoms with Gasteiger partial charge in [-0.05, 0) is 17.7 Å². The largest absolute Gasteiger partial charge is 0.740 e. The van der Waals surface area contributed by atoms with Crippen LogP contribution < -0.4 is 10.0 Å². The fourth-order valence-electron chi connectivity index (χ4n) is 1.32. The van der Waals surface area contributed by atoms with Gasteiger partial charge in [-0.25, -0.2) is 9.00 Å². The maximum atomic E-state index is 10.7. The van der Waals surface area contributed by atoms with Crippen LogP contribution in [0.5, 0.6) is 5.75 Å². The summed E-state index contributed by atoms with van der Waals surface area (Å²) >= 11 is 1.66. The first-order chi connectivity index (χ1) is 8.56. The molecule has 0 bridgehead atoms. The van der Waals surface area contributed by atoms with E-state index in [-0.39, 0.29) is 11.5 Å². The average Bonchev–Trinajstić information content (AvgIpc) is 2.75. The number of rotatable bonds is 4. The Morgan fingerprint density at radius 3 is 2.50 bits per heavy atom. The molecule has 18 heavy (non-hydrogen) atoms. The molecule has 1 aromatic heterocycles. The predicted octanol–water partition coefficient (Wildman–Crippen LogP) is 1.42. The van der Waals surface area contributed by atoms with Gasteiger partial charge in [0.05, 0.1) is 5.25 Å². The molecule has 0 aliphatic rings. The third-order valence-electron chi connectivity index (χ3n) is 2.10. The minimum Gasteiger partial charge on any atom is -0.740 e. The van der Waals surface area contributed by atoms with Gasteiger partial charge in [0, 0.05) is 0 Å². The highest BCUT2D eigenvalue weighted by atomic mass is 32.2. The highest BCUT2D eigenvalue weighted by molar-refractivity contribution is 7.80. The Balaban J connectivity index is 2.19. The van der Waals surface area contributed by atoms with Crippen molar-refractivity contribution in [3.05, 3.63) is 52.5 Å². The molecule has 6 nitrogen and oxygen atoms in total. The minimum atomic E-state index is -2.61. The fraction of sp³-hybridized carbons (Fsp3) is 0.100. The maximum absolute atomic E-state index is 10.7. The molecule has 1 aromatic carbocycles. The van der Waals surface area contributed by atoms with Gasteiger partial charge in [-0.2, -0.15) is 12.6 Å². The summed E-state index contributed by atoms with van der Waals surface area (Å²) in [4.78, 5) is 10.7. The third-order valence-corrected chi connectivity index (χ3v) is 2.98. The van der Waals surface area contributed by atoms with Gasteiger partial charge in [-0.1, -0.05) is 12.1 Å². The zero-order valence-corrected chi connectivity index (χ0v) is 10.5. The molecule has 2 aromatic rings. The highest BCUT2D eigenvalue weighted by Crippen LogP contribution is 2.28. The molecule has 0 amide bonds. The second kappa shape index (κ2) is 5.42. The normalized spacial score (nSPS) is 14.1. The van der Waals surface area contributed by atoms with Crippen molar-refractivity contribution in [2.45, 2.75) is 5.25 Å². The second-order valence-electron chi connectivity index (χ2n) is 3.25. The van der Waals surface area contributed by atoms with Crippen LogP contribution in [0.1, 0.15) is 16.6 Å². The molecule has 1 heterocycles. The van der Waals surface area contributed by atoms with Crippen LogP contribution in [0.2, 0.25) is 0 Å². The second-order valence-corrected chi connectivity index (χ2v) is 4.34. The van der Waals surface area contributed by atoms with Crippen LogP contribution in [-0.2, 0) is 11.4 Å². The van der Waals surface area contributed by atoms with Crippen LogP contribution in [0.3, 0.4) is 0 Å². The van der Waals surface area contributed by atoms with Crippen molar-refractivity contribution in [3.8, 4) is 5.75 Å². The molecular formula is C10H7O6S2-. The van der Waals surface area contributed by atoms with Crippen molar-refractivity contribution in [2.24, 2.45) is 0 Å². The van der Waals surface area contributed by atoms with Crippen LogP contribution in [0.25, 0.3) is 0 Å². The Labute approximate surface area is 109 Å². The van der Waals surface area contributed by atoms with E-state index in [0.29, 0.717) is 5.56 Å². The van der Waals surface area contributed by atoms with Crippen LogP contribution in [-0.4, -0.2) is 8.76 Å². The molecule has 2 unspecified atom stereocenters. The van der Waals surface area contributed by atoms with Gasteiger partial charge in [0.2, 0.25) is 0 Å². The molecule has 2 atom stereocenters. The molecule has 96 valence electrons. The summed E-state index contributed by atoms with van der Waals surface area (Å²) < 4.78 is 34.4. The maximum Gasteiger partial charge on any atom is 0.518 e. The number of hydrogen-bond acceptors (Lipinski definition) is 7. The Hall–Kier alpha value is -1.51. The van der Waals surface area contributed by atoms with E-state index in [1.807, 2.05) is 0 Å². The van der Waals surface area contributed by atoms with E-state index in [1.165, 1.54) is 18.4 Å². The summed E-state index contributed by atoms with van der Waals surface area (Å²) in [5, 5.41) is -0.483. The molecule has 0 saturated heterocycles. The van der Waals surface area contributed by atoms with E-state index in [2.05, 4.69) is 21.2 Å². The molecule has 0 aliphatic heterocycles. The van der Waals surface area contributed by atoms with E-state index < -0.39 is 22.4 Å². The molecule has 0 radical (unpaired) electrons. The van der Waals surface area contributed by atoms with Crippen LogP contribution in [0, 0.1) is 0 Å². The quantitative estimate of drug-likeness (QED) is 0.675. The van der Waals surface area contributed by atoms with Crippen molar-refractivity contribution in [2.75, 3.05) is 0 Å². The van der Waals surface area contributed by atoms with Crippen LogP contribution in [0.4, 0.5) is 0 Å². The Morgan fingerprint density at radius 1 is 1.33 bits per heavy atom. The Bertz CT molecular complexity index is 599. The number of benzene rings is 1. The number of thiol groups is 1. The lowest BCUT2D eigenvalue weighted by Crippen LogP contribution is -1.98. The lowest BCUT2D eigenvalue weighted by Gasteiger charge is -2.09. The van der Waals surface area contributed by atoms with E-state index in [4.69, 9.17) is 4.42 Å². The van der Waals surface area contributed by atoms with Gasteiger partial charge in [-0.3, -0.25) is 0 Å². The molecular weight excluding hydrogens is 280 g/mol. The van der Waals surface area contributed by atoms with E-state index in [9.17, 15) is 13.6 Å². The zero-order valence-electron chi connectivity index (χ0n) is 8.77. The first kappa shape index (κ1) is 12.9. The molecule has 0 N–H and O–H groups in total. The summed E-state index contributed by atoms with van der Waals surface area (Å²) in [6, 6.07) is 6.14. The summed E-state index contributed by atoms with van der Waals surface area (Å²) in [5.41, 5.74) is 0.701. The first-order valence-corrected chi connectivity index (χ1v) is 6.22. The number of hydrogen-bond donors (Lipinski definition) is 1. The molecule has 0 saturated carbocycles. The van der Waals surface area contributed by atoms with Gasteiger partial charge in [0.25, 0.3) is 0 Å². The van der Waals surface area contributed by atoms with Crippen molar-refractivity contribution in [3.63, 3.8) is 0 Å². The Morgan fingerprint density at radius 2 is 2.00 bits per heavy atom. The van der Waals surface area contributed by atoms with Gasteiger partial charge in [0.15, 0.2) is 5.76 Å². The summed E-state index contributed by atoms with van der Waals surface area (Å²) in [6.45, 7) is 0. The Kier molecular flexibility index (Phi) is 3.90. The van der Waals surface area contributed by atoms with Crippen molar-refractivity contribution < 1.29 is 21.8 Å². The smallest absolute Gasteiger partial charge is 0.518 e. The van der Waals surface area contributed by atoms with E-state index >= 15 is 0 Å². The average molecular weight is 287 g/mol. The van der Waals surface area contributed by atoms with Crippen molar-refractivity contribution in [1.29, 1.82) is 0 Å². The third kappa shape index (κ3) is 3.03. The zero-order chi connectivity index (χ0) is 13.1. The van der Waals surface area contributed by atoms with Gasteiger partial charge >= 0.3 is 5.82 Å². The fourth-order valence-corrected chi connectivity index (χ4v) is 1.87. The van der Waals surface area contributed by atoms with E-state index in [1.54, 1.807) is 12.1 Å². The minimum absolute atomic E-state index is 0.182. The lowest BCUT2D eigenvalue weighted by atomic mass is 10.1. The van der Waals surface area contributed by atoms with Gasteiger partial charge in [0.1, 0.15) is 23.4 Å². The first-order valence-electron chi connectivity index (χ1n) is 4.70. The van der Waals surface area contributed by atoms with Crippen molar-refractivity contribution in [1.82, 2.24) is 0 Å². The monoisotopic (exact) mass is 287 g/mol. The van der Waals surface area contributed by atoms with Gasteiger partial charge < -0.3 is 17.6 Å². The molecule has 8 heteroatoms. The molecule has 0 fully saturated rings. The predicted molar refractivity (Wildman–Crippen MR) is 64.1 cm³/mol. The summed E-state index contributed by atoms with van der Waals surface area (Å²) in [5.74, 6) is -0.351. The highest BCUT2D eigenvalue weighted by Gasteiger charge is 2.14.